The van der Waals surface area contributed by atoms with Crippen LogP contribution in [0.5, 0.6) is 0 Å². The highest BCUT2D eigenvalue weighted by Crippen LogP contribution is 2.46. The maximum absolute atomic E-state index is 2.31. The van der Waals surface area contributed by atoms with Crippen LogP contribution in [-0.2, 0) is 0 Å². The van der Waals surface area contributed by atoms with Crippen LogP contribution in [0.3, 0.4) is 0 Å². The summed E-state index contributed by atoms with van der Waals surface area (Å²) in [6.07, 6.45) is 15.0. The van der Waals surface area contributed by atoms with Gasteiger partial charge in [0.05, 0.1) is 0 Å². The van der Waals surface area contributed by atoms with Crippen LogP contribution in [0.4, 0.5) is 0 Å². The Labute approximate surface area is 80.0 Å². The van der Waals surface area contributed by atoms with Crippen molar-refractivity contribution in [1.82, 2.24) is 0 Å². The lowest BCUT2D eigenvalue weighted by molar-refractivity contribution is 0.558. The predicted molar refractivity (Wildman–Crippen MR) is 55.4 cm³/mol. The zero-order valence-electron chi connectivity index (χ0n) is 8.05. The van der Waals surface area contributed by atoms with E-state index in [9.17, 15) is 0 Å². The number of fused-ring (bicyclic) bond motifs is 2. The fourth-order valence-electron chi connectivity index (χ4n) is 3.01. The van der Waals surface area contributed by atoms with Crippen LogP contribution >= 0.6 is 0 Å². The summed E-state index contributed by atoms with van der Waals surface area (Å²) < 4.78 is 0. The summed E-state index contributed by atoms with van der Waals surface area (Å²) in [5.74, 6) is 1.04. The van der Waals surface area contributed by atoms with Crippen molar-refractivity contribution in [2.24, 2.45) is 5.92 Å². The molecule has 0 aromatic heterocycles. The molecule has 0 heterocycles. The second-order valence-corrected chi connectivity index (χ2v) is 4.65. The molecule has 0 N–H and O–H groups in total. The molecular weight excluding hydrogens is 156 g/mol. The number of rotatable bonds is 2. The van der Waals surface area contributed by atoms with Crippen molar-refractivity contribution in [2.75, 3.05) is 0 Å². The summed E-state index contributed by atoms with van der Waals surface area (Å²) in [4.78, 5) is 0. The predicted octanol–water partition coefficient (Wildman–Crippen LogP) is 3.76. The second-order valence-electron chi connectivity index (χ2n) is 4.65. The van der Waals surface area contributed by atoms with Crippen molar-refractivity contribution in [1.29, 1.82) is 0 Å². The third-order valence-electron chi connectivity index (χ3n) is 3.71. The van der Waals surface area contributed by atoms with E-state index in [4.69, 9.17) is 0 Å². The summed E-state index contributed by atoms with van der Waals surface area (Å²) in [5, 5.41) is 0. The van der Waals surface area contributed by atoms with E-state index in [-0.39, 0.29) is 0 Å². The summed E-state index contributed by atoms with van der Waals surface area (Å²) in [7, 11) is 0. The Morgan fingerprint density at radius 2 is 2.31 bits per heavy atom. The minimum Gasteiger partial charge on any atom is -0.0804 e. The van der Waals surface area contributed by atoms with Crippen molar-refractivity contribution < 1.29 is 0 Å². The molecule has 3 aliphatic rings. The first kappa shape index (κ1) is 7.61. The molecule has 0 nitrogen and oxygen atoms in total. The van der Waals surface area contributed by atoms with E-state index in [0.717, 1.165) is 5.92 Å². The highest BCUT2D eigenvalue weighted by molar-refractivity contribution is 5.33. The molecule has 2 bridgehead atoms. The summed E-state index contributed by atoms with van der Waals surface area (Å²) in [6, 6.07) is 0. The van der Waals surface area contributed by atoms with Crippen LogP contribution < -0.4 is 0 Å². The Kier molecular flexibility index (Phi) is 1.68. The summed E-state index contributed by atoms with van der Waals surface area (Å²) >= 11 is 0. The summed E-state index contributed by atoms with van der Waals surface area (Å²) in [5.41, 5.74) is 5.25. The first-order valence-electron chi connectivity index (χ1n) is 5.46. The molecule has 68 valence electrons. The molecule has 0 spiro atoms. The van der Waals surface area contributed by atoms with Gasteiger partial charge in [0.1, 0.15) is 0 Å². The van der Waals surface area contributed by atoms with Crippen molar-refractivity contribution >= 4 is 0 Å². The topological polar surface area (TPSA) is 0 Å². The van der Waals surface area contributed by atoms with Crippen LogP contribution in [0.1, 0.15) is 38.5 Å². The van der Waals surface area contributed by atoms with Crippen LogP contribution in [0, 0.1) is 5.92 Å². The zero-order chi connectivity index (χ0) is 8.67. The van der Waals surface area contributed by atoms with Gasteiger partial charge in [-0.15, -0.1) is 0 Å². The fraction of sp³-hybridized carbons (Fsp3) is 0.538. The Balaban J connectivity index is 1.73. The second kappa shape index (κ2) is 2.87. The van der Waals surface area contributed by atoms with Gasteiger partial charge in [0.2, 0.25) is 0 Å². The molecule has 0 aromatic rings. The minimum atomic E-state index is 1.04. The van der Waals surface area contributed by atoms with E-state index in [2.05, 4.69) is 18.2 Å². The van der Waals surface area contributed by atoms with Gasteiger partial charge < -0.3 is 0 Å². The molecule has 1 fully saturated rings. The normalized spacial score (nSPS) is 30.5. The molecule has 1 atom stereocenters. The third-order valence-corrected chi connectivity index (χ3v) is 3.71. The maximum Gasteiger partial charge on any atom is -0.00994 e. The number of hydrogen-bond acceptors (Lipinski definition) is 0. The monoisotopic (exact) mass is 172 g/mol. The number of hydrogen-bond donors (Lipinski definition) is 0. The Morgan fingerprint density at radius 1 is 1.31 bits per heavy atom. The van der Waals surface area contributed by atoms with Crippen molar-refractivity contribution in [2.45, 2.75) is 38.5 Å². The minimum absolute atomic E-state index is 1.04. The first-order chi connectivity index (χ1) is 6.42. The standard InChI is InChI=1S/C13H16/c1-2-4-10(3-1)7-13-9-11-5-6-12(13)8-11/h1-3,11H,4-9H2. The van der Waals surface area contributed by atoms with Gasteiger partial charge in [-0.1, -0.05) is 34.9 Å². The van der Waals surface area contributed by atoms with Gasteiger partial charge in [0.25, 0.3) is 0 Å². The van der Waals surface area contributed by atoms with Gasteiger partial charge in [0, 0.05) is 0 Å². The van der Waals surface area contributed by atoms with Crippen LogP contribution in [-0.4, -0.2) is 0 Å². The van der Waals surface area contributed by atoms with Gasteiger partial charge in [-0.25, -0.2) is 0 Å². The van der Waals surface area contributed by atoms with E-state index < -0.39 is 0 Å². The maximum atomic E-state index is 2.31. The molecule has 13 heavy (non-hydrogen) atoms. The van der Waals surface area contributed by atoms with Crippen LogP contribution in [0.25, 0.3) is 0 Å². The van der Waals surface area contributed by atoms with Gasteiger partial charge in [-0.05, 0) is 44.4 Å². The SMILES string of the molecule is C1=CCC(CC2=C3CCC(C3)C2)=C1. The molecule has 3 aliphatic carbocycles. The molecule has 0 heteroatoms. The van der Waals surface area contributed by atoms with Crippen molar-refractivity contribution in [3.8, 4) is 0 Å². The highest BCUT2D eigenvalue weighted by Gasteiger charge is 2.29. The quantitative estimate of drug-likeness (QED) is 0.556. The molecule has 0 saturated heterocycles. The third kappa shape index (κ3) is 1.29. The van der Waals surface area contributed by atoms with Crippen LogP contribution in [0.2, 0.25) is 0 Å². The van der Waals surface area contributed by atoms with Crippen molar-refractivity contribution in [3.05, 3.63) is 34.9 Å². The van der Waals surface area contributed by atoms with Gasteiger partial charge >= 0.3 is 0 Å². The van der Waals surface area contributed by atoms with Gasteiger partial charge in [-0.2, -0.15) is 0 Å². The van der Waals surface area contributed by atoms with E-state index in [1.54, 1.807) is 11.1 Å². The molecule has 3 rings (SSSR count). The molecule has 0 aromatic carbocycles. The van der Waals surface area contributed by atoms with Crippen molar-refractivity contribution in [3.63, 3.8) is 0 Å². The molecular formula is C13H16. The van der Waals surface area contributed by atoms with E-state index in [0.29, 0.717) is 0 Å². The molecule has 1 saturated carbocycles. The van der Waals surface area contributed by atoms with Gasteiger partial charge in [0.15, 0.2) is 0 Å². The molecule has 0 radical (unpaired) electrons. The average molecular weight is 172 g/mol. The smallest absolute Gasteiger partial charge is 0.00994 e. The average Bonchev–Trinajstić information content (AvgIpc) is 2.77. The van der Waals surface area contributed by atoms with Gasteiger partial charge in [-0.3, -0.25) is 0 Å². The molecule has 0 amide bonds. The van der Waals surface area contributed by atoms with E-state index in [1.165, 1.54) is 38.5 Å². The fourth-order valence-corrected chi connectivity index (χ4v) is 3.01. The highest BCUT2D eigenvalue weighted by atomic mass is 14.3. The zero-order valence-corrected chi connectivity index (χ0v) is 8.05. The van der Waals surface area contributed by atoms with Crippen LogP contribution in [0.15, 0.2) is 34.9 Å². The molecule has 1 unspecified atom stereocenters. The lowest BCUT2D eigenvalue weighted by Crippen LogP contribution is -1.95. The Hall–Kier alpha value is -0.780. The van der Waals surface area contributed by atoms with E-state index in [1.807, 2.05) is 5.57 Å². The largest absolute Gasteiger partial charge is 0.0804 e. The lowest BCUT2D eigenvalue weighted by atomic mass is 9.94. The Morgan fingerprint density at radius 3 is 2.92 bits per heavy atom. The first-order valence-corrected chi connectivity index (χ1v) is 5.46. The molecule has 0 aliphatic heterocycles. The van der Waals surface area contributed by atoms with E-state index >= 15 is 0 Å². The number of allylic oxidation sites excluding steroid dienone is 6. The summed E-state index contributed by atoms with van der Waals surface area (Å²) in [6.45, 7) is 0. The lowest BCUT2D eigenvalue weighted by Gasteiger charge is -2.12. The Bertz CT molecular complexity index is 315.